The predicted octanol–water partition coefficient (Wildman–Crippen LogP) is 7.36. The van der Waals surface area contributed by atoms with Crippen molar-refractivity contribution >= 4 is 19.8 Å². The van der Waals surface area contributed by atoms with E-state index < -0.39 is 81.8 Å². The molecular formula is C45H79O14P. The lowest BCUT2D eigenvalue weighted by Gasteiger charge is -2.41. The lowest BCUT2D eigenvalue weighted by molar-refractivity contribution is -0.220. The molecule has 1 rings (SSSR count). The Morgan fingerprint density at radius 1 is 0.600 bits per heavy atom. The number of hydrogen-bond donors (Lipinski definition) is 7. The average Bonchev–Trinajstić information content (AvgIpc) is 3.22. The zero-order chi connectivity index (χ0) is 44.4. The highest BCUT2D eigenvalue weighted by Crippen LogP contribution is 2.47. The van der Waals surface area contributed by atoms with E-state index in [1.165, 1.54) is 77.0 Å². The molecule has 0 heterocycles. The maximum Gasteiger partial charge on any atom is 0.472 e. The summed E-state index contributed by atoms with van der Waals surface area (Å²) in [5, 5.41) is 60.2. The van der Waals surface area contributed by atoms with Gasteiger partial charge < -0.3 is 45.0 Å². The molecule has 0 aromatic heterocycles. The normalized spacial score (nSPS) is 23.1. The number of unbranched alkanes of at least 4 members (excludes halogenated alkanes) is 16. The van der Waals surface area contributed by atoms with E-state index >= 15 is 0 Å². The van der Waals surface area contributed by atoms with E-state index in [0.717, 1.165) is 25.7 Å². The van der Waals surface area contributed by atoms with Gasteiger partial charge in [-0.15, -0.1) is 0 Å². The second kappa shape index (κ2) is 35.3. The minimum Gasteiger partial charge on any atom is -0.462 e. The van der Waals surface area contributed by atoms with E-state index in [9.17, 15) is 49.7 Å². The van der Waals surface area contributed by atoms with Gasteiger partial charge in [0.05, 0.1) is 12.7 Å². The first-order chi connectivity index (χ1) is 28.8. The average molecular weight is 875 g/mol. The molecule has 1 aliphatic rings. The number of esters is 2. The van der Waals surface area contributed by atoms with Crippen LogP contribution in [0.1, 0.15) is 162 Å². The number of ether oxygens (including phenoxy) is 2. The summed E-state index contributed by atoms with van der Waals surface area (Å²) in [7, 11) is -5.15. The Hall–Kier alpha value is -2.23. The number of aliphatic hydroxyl groups excluding tert-OH is 6. The molecule has 60 heavy (non-hydrogen) atoms. The van der Waals surface area contributed by atoms with E-state index in [-0.39, 0.29) is 12.8 Å². The van der Waals surface area contributed by atoms with Gasteiger partial charge in [0.2, 0.25) is 0 Å². The van der Waals surface area contributed by atoms with Crippen LogP contribution in [-0.4, -0.2) is 110 Å². The van der Waals surface area contributed by atoms with Crippen molar-refractivity contribution in [2.24, 2.45) is 0 Å². The van der Waals surface area contributed by atoms with E-state index in [0.29, 0.717) is 32.1 Å². The molecular weight excluding hydrogens is 795 g/mol. The van der Waals surface area contributed by atoms with Crippen LogP contribution in [-0.2, 0) is 32.7 Å². The van der Waals surface area contributed by atoms with Gasteiger partial charge in [-0.25, -0.2) is 4.57 Å². The first-order valence-electron chi connectivity index (χ1n) is 22.5. The zero-order valence-electron chi connectivity index (χ0n) is 36.4. The van der Waals surface area contributed by atoms with Crippen molar-refractivity contribution in [2.75, 3.05) is 13.2 Å². The number of phosphoric ester groups is 1. The highest BCUT2D eigenvalue weighted by molar-refractivity contribution is 7.47. The second-order valence-electron chi connectivity index (χ2n) is 15.8. The Kier molecular flexibility index (Phi) is 32.8. The minimum atomic E-state index is -5.15. The third kappa shape index (κ3) is 27.7. The Bertz CT molecular complexity index is 1260. The molecule has 15 heteroatoms. The quantitative estimate of drug-likeness (QED) is 0.0107. The summed E-state index contributed by atoms with van der Waals surface area (Å²) in [5.74, 6) is -1.21. The third-order valence-corrected chi connectivity index (χ3v) is 11.2. The smallest absolute Gasteiger partial charge is 0.462 e. The SMILES string of the molecule is CCCCC/C=C\C=C/[C@H](O)C/C=C\C/C=C/CCCC(=O)O[C@H](COC(=O)CCCCCCCCCCCCCCC)COP(=O)(O)OC1[C@H](O)[C@H](O)C(O)[C@H](O)[C@H]1O. The van der Waals surface area contributed by atoms with Crippen LogP contribution in [0.3, 0.4) is 0 Å². The molecule has 0 aromatic rings. The molecule has 14 nitrogen and oxygen atoms in total. The maximum absolute atomic E-state index is 12.8. The molecule has 0 amide bonds. The molecule has 0 aliphatic heterocycles. The number of carbonyl (C=O) groups is 2. The molecule has 7 N–H and O–H groups in total. The lowest BCUT2D eigenvalue weighted by atomic mass is 9.85. The van der Waals surface area contributed by atoms with Crippen molar-refractivity contribution in [1.29, 1.82) is 0 Å². The van der Waals surface area contributed by atoms with Gasteiger partial charge in [-0.3, -0.25) is 18.6 Å². The second-order valence-corrected chi connectivity index (χ2v) is 17.2. The van der Waals surface area contributed by atoms with Crippen LogP contribution >= 0.6 is 7.82 Å². The number of phosphoric acid groups is 1. The van der Waals surface area contributed by atoms with Gasteiger partial charge in [0, 0.05) is 12.8 Å². The summed E-state index contributed by atoms with van der Waals surface area (Å²) >= 11 is 0. The number of carbonyl (C=O) groups excluding carboxylic acids is 2. The fraction of sp³-hybridized carbons (Fsp3) is 0.778. The first-order valence-corrected chi connectivity index (χ1v) is 24.0. The number of rotatable bonds is 36. The summed E-state index contributed by atoms with van der Waals surface area (Å²) in [4.78, 5) is 35.6. The minimum absolute atomic E-state index is 0.0129. The van der Waals surface area contributed by atoms with Crippen molar-refractivity contribution < 1.29 is 68.2 Å². The molecule has 0 saturated heterocycles. The predicted molar refractivity (Wildman–Crippen MR) is 232 cm³/mol. The van der Waals surface area contributed by atoms with Crippen LogP contribution in [0.4, 0.5) is 0 Å². The Morgan fingerprint density at radius 3 is 1.73 bits per heavy atom. The molecule has 0 spiro atoms. The molecule has 3 unspecified atom stereocenters. The molecule has 1 aliphatic carbocycles. The molecule has 0 aromatic carbocycles. The number of aliphatic hydroxyl groups is 6. The zero-order valence-corrected chi connectivity index (χ0v) is 37.2. The van der Waals surface area contributed by atoms with E-state index in [1.54, 1.807) is 6.08 Å². The van der Waals surface area contributed by atoms with Crippen molar-refractivity contribution in [1.82, 2.24) is 0 Å². The van der Waals surface area contributed by atoms with Crippen LogP contribution in [0, 0.1) is 0 Å². The van der Waals surface area contributed by atoms with Gasteiger partial charge in [-0.1, -0.05) is 152 Å². The van der Waals surface area contributed by atoms with Crippen molar-refractivity contribution in [2.45, 2.75) is 210 Å². The van der Waals surface area contributed by atoms with Gasteiger partial charge in [-0.2, -0.15) is 0 Å². The lowest BCUT2D eigenvalue weighted by Crippen LogP contribution is -2.64. The fourth-order valence-electron chi connectivity index (χ4n) is 6.54. The van der Waals surface area contributed by atoms with Crippen LogP contribution in [0.25, 0.3) is 0 Å². The van der Waals surface area contributed by atoms with Gasteiger partial charge in [0.15, 0.2) is 6.10 Å². The van der Waals surface area contributed by atoms with Gasteiger partial charge in [-0.05, 0) is 44.9 Å². The van der Waals surface area contributed by atoms with Crippen LogP contribution in [0.5, 0.6) is 0 Å². The molecule has 1 fully saturated rings. The maximum atomic E-state index is 12.8. The third-order valence-electron chi connectivity index (χ3n) is 10.3. The molecule has 0 bridgehead atoms. The number of allylic oxidation sites excluding steroid dienone is 6. The van der Waals surface area contributed by atoms with Crippen molar-refractivity contribution in [3.05, 3.63) is 48.6 Å². The summed E-state index contributed by atoms with van der Waals surface area (Å²) in [6, 6.07) is 0. The van der Waals surface area contributed by atoms with E-state index in [2.05, 4.69) is 19.9 Å². The van der Waals surface area contributed by atoms with Gasteiger partial charge in [0.1, 0.15) is 43.2 Å². The van der Waals surface area contributed by atoms with E-state index in [4.69, 9.17) is 18.5 Å². The van der Waals surface area contributed by atoms with Gasteiger partial charge in [0.25, 0.3) is 0 Å². The van der Waals surface area contributed by atoms with Crippen molar-refractivity contribution in [3.8, 4) is 0 Å². The molecule has 348 valence electrons. The molecule has 0 radical (unpaired) electrons. The monoisotopic (exact) mass is 875 g/mol. The summed E-state index contributed by atoms with van der Waals surface area (Å²) < 4.78 is 33.4. The highest BCUT2D eigenvalue weighted by Gasteiger charge is 2.51. The number of hydrogen-bond acceptors (Lipinski definition) is 13. The topological polar surface area (TPSA) is 230 Å². The summed E-state index contributed by atoms with van der Waals surface area (Å²) in [5.41, 5.74) is 0. The van der Waals surface area contributed by atoms with Crippen LogP contribution < -0.4 is 0 Å². The summed E-state index contributed by atoms with van der Waals surface area (Å²) in [6.45, 7) is 3.14. The molecule has 1 saturated carbocycles. The Morgan fingerprint density at radius 2 is 1.12 bits per heavy atom. The van der Waals surface area contributed by atoms with Crippen LogP contribution in [0.2, 0.25) is 0 Å². The van der Waals surface area contributed by atoms with Crippen molar-refractivity contribution in [3.63, 3.8) is 0 Å². The molecule has 9 atom stereocenters. The fourth-order valence-corrected chi connectivity index (χ4v) is 7.51. The first kappa shape index (κ1) is 55.8. The van der Waals surface area contributed by atoms with E-state index in [1.807, 2.05) is 36.5 Å². The van der Waals surface area contributed by atoms with Crippen LogP contribution in [0.15, 0.2) is 48.6 Å². The highest BCUT2D eigenvalue weighted by atomic mass is 31.2. The summed E-state index contributed by atoms with van der Waals surface area (Å²) in [6.07, 6.45) is 23.4. The Labute approximate surface area is 359 Å². The standard InChI is InChI=1S/C45H79O14P/c1-3-5-7-9-11-12-13-14-15-16-20-24-28-32-38(47)56-34-37(35-57-60(54,55)59-45-43(52)41(50)40(49)42(51)44(45)53)58-39(48)33-29-25-21-17-19-23-27-31-36(46)30-26-22-18-10-8-6-4-2/h17-18,21-23,26-27,30,36-37,40-46,49-53H,3-16,19-20,24-25,28-29,31-35H2,1-2H3,(H,54,55)/b21-17+,22-18-,27-23-,30-26-/t36-,37+,40?,41-,42+,43+,44+,45?/m0/s1. The largest absolute Gasteiger partial charge is 0.472 e. The van der Waals surface area contributed by atoms with Gasteiger partial charge >= 0.3 is 19.8 Å². The Balaban J connectivity index is 2.55.